The number of rotatable bonds is 4. The van der Waals surface area contributed by atoms with E-state index in [1.807, 2.05) is 0 Å². The molecule has 0 radical (unpaired) electrons. The topological polar surface area (TPSA) is 60.8 Å². The summed E-state index contributed by atoms with van der Waals surface area (Å²) >= 11 is 0. The highest BCUT2D eigenvalue weighted by molar-refractivity contribution is 5.66. The highest BCUT2D eigenvalue weighted by atomic mass is 16.4. The molecular formula is C9H17NO3. The summed E-state index contributed by atoms with van der Waals surface area (Å²) in [7, 11) is 0. The fourth-order valence-electron chi connectivity index (χ4n) is 1.80. The Morgan fingerprint density at radius 1 is 1.46 bits per heavy atom. The Morgan fingerprint density at radius 3 is 2.85 bits per heavy atom. The van der Waals surface area contributed by atoms with E-state index in [9.17, 15) is 4.79 Å². The van der Waals surface area contributed by atoms with Crippen LogP contribution in [0.2, 0.25) is 0 Å². The van der Waals surface area contributed by atoms with Crippen molar-refractivity contribution in [2.24, 2.45) is 0 Å². The first-order valence-corrected chi connectivity index (χ1v) is 4.80. The third-order valence-corrected chi connectivity index (χ3v) is 2.57. The van der Waals surface area contributed by atoms with Gasteiger partial charge in [0.05, 0.1) is 13.0 Å². The number of aliphatic hydroxyl groups excluding tert-OH is 1. The molecule has 1 saturated heterocycles. The summed E-state index contributed by atoms with van der Waals surface area (Å²) in [4.78, 5) is 12.4. The number of nitrogens with zero attached hydrogens (tertiary/aromatic N) is 1. The molecule has 0 amide bonds. The number of hydrogen-bond acceptors (Lipinski definition) is 3. The third-order valence-electron chi connectivity index (χ3n) is 2.57. The summed E-state index contributed by atoms with van der Waals surface area (Å²) in [6.45, 7) is 1.65. The molecule has 1 rings (SSSR count). The van der Waals surface area contributed by atoms with Gasteiger partial charge in [-0.25, -0.2) is 0 Å². The molecule has 0 spiro atoms. The Bertz CT molecular complexity index is 172. The number of carboxylic acids is 1. The molecule has 1 aliphatic rings. The number of aliphatic hydroxyl groups is 1. The second kappa shape index (κ2) is 5.19. The molecule has 1 unspecified atom stereocenters. The van der Waals surface area contributed by atoms with Crippen molar-refractivity contribution in [1.82, 2.24) is 4.90 Å². The highest BCUT2D eigenvalue weighted by Crippen LogP contribution is 2.16. The van der Waals surface area contributed by atoms with E-state index in [4.69, 9.17) is 10.2 Å². The van der Waals surface area contributed by atoms with Gasteiger partial charge in [-0.05, 0) is 19.4 Å². The predicted octanol–water partition coefficient (Wildman–Crippen LogP) is 0.308. The van der Waals surface area contributed by atoms with Crippen LogP contribution in [-0.2, 0) is 4.79 Å². The average Bonchev–Trinajstić information content (AvgIpc) is 2.15. The van der Waals surface area contributed by atoms with E-state index in [0.717, 1.165) is 25.8 Å². The van der Waals surface area contributed by atoms with E-state index in [2.05, 4.69) is 4.90 Å². The molecule has 0 bridgehead atoms. The zero-order valence-electron chi connectivity index (χ0n) is 7.78. The average molecular weight is 187 g/mol. The zero-order chi connectivity index (χ0) is 9.68. The lowest BCUT2D eigenvalue weighted by molar-refractivity contribution is -0.137. The Labute approximate surface area is 78.2 Å². The molecule has 0 aromatic heterocycles. The van der Waals surface area contributed by atoms with Gasteiger partial charge in [-0.15, -0.1) is 0 Å². The van der Waals surface area contributed by atoms with Crippen molar-refractivity contribution in [2.75, 3.05) is 19.7 Å². The molecular weight excluding hydrogens is 170 g/mol. The Hall–Kier alpha value is -0.610. The van der Waals surface area contributed by atoms with Gasteiger partial charge in [-0.2, -0.15) is 0 Å². The van der Waals surface area contributed by atoms with E-state index in [1.165, 1.54) is 0 Å². The number of piperidine rings is 1. The van der Waals surface area contributed by atoms with Crippen molar-refractivity contribution in [2.45, 2.75) is 31.7 Å². The SMILES string of the molecule is O=C(O)CCN1CCCCC1CO. The number of hydrogen-bond donors (Lipinski definition) is 2. The van der Waals surface area contributed by atoms with Crippen molar-refractivity contribution in [3.8, 4) is 0 Å². The normalized spacial score (nSPS) is 24.5. The minimum atomic E-state index is -0.762. The largest absolute Gasteiger partial charge is 0.481 e. The summed E-state index contributed by atoms with van der Waals surface area (Å²) in [5.74, 6) is -0.762. The maximum Gasteiger partial charge on any atom is 0.304 e. The van der Waals surface area contributed by atoms with Crippen molar-refractivity contribution in [3.63, 3.8) is 0 Å². The lowest BCUT2D eigenvalue weighted by Gasteiger charge is -2.34. The van der Waals surface area contributed by atoms with Gasteiger partial charge in [0.25, 0.3) is 0 Å². The second-order valence-electron chi connectivity index (χ2n) is 3.51. The lowest BCUT2D eigenvalue weighted by Crippen LogP contribution is -2.42. The summed E-state index contributed by atoms with van der Waals surface area (Å²) in [6, 6.07) is 0.188. The molecule has 4 heteroatoms. The van der Waals surface area contributed by atoms with Crippen LogP contribution in [-0.4, -0.2) is 46.8 Å². The van der Waals surface area contributed by atoms with E-state index < -0.39 is 5.97 Å². The van der Waals surface area contributed by atoms with Gasteiger partial charge in [0.15, 0.2) is 0 Å². The first kappa shape index (κ1) is 10.5. The van der Waals surface area contributed by atoms with Crippen LogP contribution >= 0.6 is 0 Å². The summed E-state index contributed by atoms with van der Waals surface area (Å²) in [5.41, 5.74) is 0. The minimum absolute atomic E-state index is 0.152. The van der Waals surface area contributed by atoms with Crippen LogP contribution < -0.4 is 0 Å². The van der Waals surface area contributed by atoms with Crippen LogP contribution in [0.5, 0.6) is 0 Å². The smallest absolute Gasteiger partial charge is 0.304 e. The Morgan fingerprint density at radius 2 is 2.23 bits per heavy atom. The van der Waals surface area contributed by atoms with Crippen LogP contribution in [0.3, 0.4) is 0 Å². The van der Waals surface area contributed by atoms with E-state index in [-0.39, 0.29) is 19.1 Å². The Balaban J connectivity index is 2.31. The Kier molecular flexibility index (Phi) is 4.18. The maximum atomic E-state index is 10.3. The summed E-state index contributed by atoms with van der Waals surface area (Å²) in [5, 5.41) is 17.6. The second-order valence-corrected chi connectivity index (χ2v) is 3.51. The number of likely N-dealkylation sites (tertiary alicyclic amines) is 1. The zero-order valence-corrected chi connectivity index (χ0v) is 7.78. The van der Waals surface area contributed by atoms with Crippen LogP contribution in [0.15, 0.2) is 0 Å². The fourth-order valence-corrected chi connectivity index (χ4v) is 1.80. The number of carbonyl (C=O) groups is 1. The van der Waals surface area contributed by atoms with Gasteiger partial charge in [0.1, 0.15) is 0 Å². The molecule has 1 fully saturated rings. The van der Waals surface area contributed by atoms with E-state index in [1.54, 1.807) is 0 Å². The van der Waals surface area contributed by atoms with Gasteiger partial charge in [0, 0.05) is 12.6 Å². The van der Waals surface area contributed by atoms with Crippen LogP contribution in [0.1, 0.15) is 25.7 Å². The van der Waals surface area contributed by atoms with E-state index in [0.29, 0.717) is 6.54 Å². The standard InChI is InChI=1S/C9H17NO3/c11-7-8-3-1-2-5-10(8)6-4-9(12)13/h8,11H,1-7H2,(H,12,13). The van der Waals surface area contributed by atoms with Crippen LogP contribution in [0.25, 0.3) is 0 Å². The van der Waals surface area contributed by atoms with E-state index >= 15 is 0 Å². The van der Waals surface area contributed by atoms with Crippen molar-refractivity contribution < 1.29 is 15.0 Å². The lowest BCUT2D eigenvalue weighted by atomic mass is 10.0. The molecule has 4 nitrogen and oxygen atoms in total. The molecule has 1 atom stereocenters. The molecule has 0 saturated carbocycles. The maximum absolute atomic E-state index is 10.3. The van der Waals surface area contributed by atoms with Crippen molar-refractivity contribution >= 4 is 5.97 Å². The first-order valence-electron chi connectivity index (χ1n) is 4.80. The molecule has 0 aliphatic carbocycles. The highest BCUT2D eigenvalue weighted by Gasteiger charge is 2.21. The third kappa shape index (κ3) is 3.32. The number of aliphatic carboxylic acids is 1. The van der Waals surface area contributed by atoms with Crippen LogP contribution in [0, 0.1) is 0 Å². The molecule has 13 heavy (non-hydrogen) atoms. The molecule has 0 aromatic carbocycles. The molecule has 76 valence electrons. The molecule has 1 aliphatic heterocycles. The quantitative estimate of drug-likeness (QED) is 0.665. The monoisotopic (exact) mass is 187 g/mol. The first-order chi connectivity index (χ1) is 6.24. The van der Waals surface area contributed by atoms with Gasteiger partial charge in [-0.3, -0.25) is 9.69 Å². The predicted molar refractivity (Wildman–Crippen MR) is 48.6 cm³/mol. The summed E-state index contributed by atoms with van der Waals surface area (Å²) in [6.07, 6.45) is 3.44. The van der Waals surface area contributed by atoms with Gasteiger partial charge in [-0.1, -0.05) is 6.42 Å². The van der Waals surface area contributed by atoms with Crippen molar-refractivity contribution in [3.05, 3.63) is 0 Å². The fraction of sp³-hybridized carbons (Fsp3) is 0.889. The molecule has 2 N–H and O–H groups in total. The van der Waals surface area contributed by atoms with Gasteiger partial charge in [0.2, 0.25) is 0 Å². The summed E-state index contributed by atoms with van der Waals surface area (Å²) < 4.78 is 0. The number of carboxylic acid groups (broad SMARTS) is 1. The molecule has 1 heterocycles. The van der Waals surface area contributed by atoms with Crippen molar-refractivity contribution in [1.29, 1.82) is 0 Å². The van der Waals surface area contributed by atoms with Crippen LogP contribution in [0.4, 0.5) is 0 Å². The van der Waals surface area contributed by atoms with Gasteiger partial charge >= 0.3 is 5.97 Å². The van der Waals surface area contributed by atoms with Gasteiger partial charge < -0.3 is 10.2 Å². The minimum Gasteiger partial charge on any atom is -0.481 e. The molecule has 0 aromatic rings.